The van der Waals surface area contributed by atoms with Crippen molar-refractivity contribution in [3.63, 3.8) is 0 Å². The highest BCUT2D eigenvalue weighted by Crippen LogP contribution is 2.16. The number of rotatable bonds is 3. The van der Waals surface area contributed by atoms with E-state index >= 15 is 0 Å². The quantitative estimate of drug-likeness (QED) is 0.809. The molecule has 2 heterocycles. The van der Waals surface area contributed by atoms with Crippen LogP contribution in [0.15, 0.2) is 0 Å². The highest BCUT2D eigenvalue weighted by molar-refractivity contribution is 5.79. The van der Waals surface area contributed by atoms with Gasteiger partial charge in [0.2, 0.25) is 5.91 Å². The molecular formula is C13H22N2O3. The van der Waals surface area contributed by atoms with E-state index in [4.69, 9.17) is 5.11 Å². The molecule has 0 radical (unpaired) electrons. The average Bonchev–Trinajstić information content (AvgIpc) is 2.21. The first-order chi connectivity index (χ1) is 8.66. The molecule has 5 nitrogen and oxygen atoms in total. The van der Waals surface area contributed by atoms with Gasteiger partial charge in [0, 0.05) is 26.2 Å². The molecule has 1 N–H and O–H groups in total. The van der Waals surface area contributed by atoms with E-state index in [9.17, 15) is 9.59 Å². The van der Waals surface area contributed by atoms with E-state index in [-0.39, 0.29) is 11.8 Å². The Balaban J connectivity index is 1.72. The molecule has 0 aromatic heterocycles. The molecule has 0 aliphatic carbocycles. The summed E-state index contributed by atoms with van der Waals surface area (Å²) in [5.74, 6) is -0.851. The van der Waals surface area contributed by atoms with Crippen molar-refractivity contribution < 1.29 is 14.7 Å². The monoisotopic (exact) mass is 254 g/mol. The lowest BCUT2D eigenvalue weighted by molar-refractivity contribution is -0.150. The van der Waals surface area contributed by atoms with Crippen molar-refractivity contribution in [3.8, 4) is 0 Å². The molecule has 102 valence electrons. The van der Waals surface area contributed by atoms with E-state index in [1.807, 2.05) is 9.80 Å². The van der Waals surface area contributed by atoms with Crippen LogP contribution in [-0.2, 0) is 9.59 Å². The summed E-state index contributed by atoms with van der Waals surface area (Å²) in [5.41, 5.74) is 0. The highest BCUT2D eigenvalue weighted by Gasteiger charge is 2.34. The summed E-state index contributed by atoms with van der Waals surface area (Å²) < 4.78 is 0. The van der Waals surface area contributed by atoms with Crippen LogP contribution in [0.4, 0.5) is 0 Å². The molecular weight excluding hydrogens is 232 g/mol. The number of carboxylic acids is 1. The number of nitrogens with zero attached hydrogens (tertiary/aromatic N) is 2. The molecule has 0 bridgehead atoms. The van der Waals surface area contributed by atoms with E-state index < -0.39 is 5.97 Å². The Morgan fingerprint density at radius 3 is 2.11 bits per heavy atom. The number of likely N-dealkylation sites (tertiary alicyclic amines) is 2. The van der Waals surface area contributed by atoms with Crippen molar-refractivity contribution in [2.24, 2.45) is 5.92 Å². The second-order valence-corrected chi connectivity index (χ2v) is 5.38. The van der Waals surface area contributed by atoms with Crippen molar-refractivity contribution in [2.75, 3.05) is 32.7 Å². The second-order valence-electron chi connectivity index (χ2n) is 5.38. The number of hydrogen-bond acceptors (Lipinski definition) is 3. The Morgan fingerprint density at radius 1 is 1.00 bits per heavy atom. The SMILES string of the molecule is O=C(O)C1CN(CC(=O)N2CCCCCCC2)C1. The van der Waals surface area contributed by atoms with Crippen molar-refractivity contribution in [2.45, 2.75) is 32.1 Å². The summed E-state index contributed by atoms with van der Waals surface area (Å²) in [6.07, 6.45) is 5.92. The average molecular weight is 254 g/mol. The van der Waals surface area contributed by atoms with Crippen LogP contribution in [0.25, 0.3) is 0 Å². The third-order valence-corrected chi connectivity index (χ3v) is 3.87. The van der Waals surface area contributed by atoms with Crippen molar-refractivity contribution in [1.29, 1.82) is 0 Å². The fourth-order valence-corrected chi connectivity index (χ4v) is 2.64. The van der Waals surface area contributed by atoms with Gasteiger partial charge in [-0.05, 0) is 12.8 Å². The standard InChI is InChI=1S/C13H22N2O3/c16-12(10-14-8-11(9-14)13(17)18)15-6-4-2-1-3-5-7-15/h11H,1-10H2,(H,17,18). The second kappa shape index (κ2) is 6.18. The number of carbonyl (C=O) groups is 2. The summed E-state index contributed by atoms with van der Waals surface area (Å²) in [4.78, 5) is 26.6. The van der Waals surface area contributed by atoms with E-state index in [0.29, 0.717) is 19.6 Å². The van der Waals surface area contributed by atoms with E-state index in [1.165, 1.54) is 19.3 Å². The van der Waals surface area contributed by atoms with Gasteiger partial charge in [-0.3, -0.25) is 14.5 Å². The number of aliphatic carboxylic acids is 1. The molecule has 0 atom stereocenters. The molecule has 0 saturated carbocycles. The smallest absolute Gasteiger partial charge is 0.309 e. The first kappa shape index (κ1) is 13.3. The molecule has 2 aliphatic heterocycles. The number of carbonyl (C=O) groups excluding carboxylic acids is 1. The maximum absolute atomic E-state index is 12.1. The minimum atomic E-state index is -0.745. The van der Waals surface area contributed by atoms with Crippen LogP contribution in [0.5, 0.6) is 0 Å². The van der Waals surface area contributed by atoms with Crippen molar-refractivity contribution in [3.05, 3.63) is 0 Å². The molecule has 0 unspecified atom stereocenters. The summed E-state index contributed by atoms with van der Waals surface area (Å²) in [6.45, 7) is 3.18. The van der Waals surface area contributed by atoms with Gasteiger partial charge in [0.05, 0.1) is 12.5 Å². The lowest BCUT2D eigenvalue weighted by atomic mass is 10.0. The van der Waals surface area contributed by atoms with Crippen LogP contribution >= 0.6 is 0 Å². The molecule has 18 heavy (non-hydrogen) atoms. The van der Waals surface area contributed by atoms with E-state index in [2.05, 4.69) is 0 Å². The lowest BCUT2D eigenvalue weighted by Gasteiger charge is -2.37. The highest BCUT2D eigenvalue weighted by atomic mass is 16.4. The Kier molecular flexibility index (Phi) is 4.58. The Bertz CT molecular complexity index is 305. The van der Waals surface area contributed by atoms with Gasteiger partial charge in [0.25, 0.3) is 0 Å². The number of hydrogen-bond donors (Lipinski definition) is 1. The van der Waals surface area contributed by atoms with Crippen LogP contribution in [0.1, 0.15) is 32.1 Å². The third-order valence-electron chi connectivity index (χ3n) is 3.87. The molecule has 0 aromatic rings. The van der Waals surface area contributed by atoms with Crippen molar-refractivity contribution in [1.82, 2.24) is 9.80 Å². The van der Waals surface area contributed by atoms with Gasteiger partial charge in [-0.2, -0.15) is 0 Å². The Morgan fingerprint density at radius 2 is 1.56 bits per heavy atom. The van der Waals surface area contributed by atoms with Gasteiger partial charge in [0.1, 0.15) is 0 Å². The van der Waals surface area contributed by atoms with Gasteiger partial charge in [0.15, 0.2) is 0 Å². The number of amides is 1. The fraction of sp³-hybridized carbons (Fsp3) is 0.846. The zero-order valence-electron chi connectivity index (χ0n) is 10.8. The fourth-order valence-electron chi connectivity index (χ4n) is 2.64. The maximum atomic E-state index is 12.1. The van der Waals surface area contributed by atoms with E-state index in [0.717, 1.165) is 25.9 Å². The summed E-state index contributed by atoms with van der Waals surface area (Å²) in [6, 6.07) is 0. The van der Waals surface area contributed by atoms with Gasteiger partial charge in [-0.25, -0.2) is 0 Å². The van der Waals surface area contributed by atoms with Crippen molar-refractivity contribution >= 4 is 11.9 Å². The van der Waals surface area contributed by atoms with Crippen LogP contribution in [-0.4, -0.2) is 59.5 Å². The van der Waals surface area contributed by atoms with Gasteiger partial charge in [-0.15, -0.1) is 0 Å². The topological polar surface area (TPSA) is 60.9 Å². The normalized spacial score (nSPS) is 23.0. The maximum Gasteiger partial charge on any atom is 0.309 e. The summed E-state index contributed by atoms with van der Waals surface area (Å²) in [7, 11) is 0. The summed E-state index contributed by atoms with van der Waals surface area (Å²) >= 11 is 0. The molecule has 2 saturated heterocycles. The van der Waals surface area contributed by atoms with Crippen LogP contribution < -0.4 is 0 Å². The Labute approximate surface area is 108 Å². The predicted molar refractivity (Wildman–Crippen MR) is 67.2 cm³/mol. The minimum absolute atomic E-state index is 0.167. The van der Waals surface area contributed by atoms with Gasteiger partial charge < -0.3 is 10.0 Å². The van der Waals surface area contributed by atoms with Crippen LogP contribution in [0.2, 0.25) is 0 Å². The minimum Gasteiger partial charge on any atom is -0.481 e. The largest absolute Gasteiger partial charge is 0.481 e. The van der Waals surface area contributed by atoms with Crippen LogP contribution in [0.3, 0.4) is 0 Å². The first-order valence-corrected chi connectivity index (χ1v) is 6.90. The zero-order chi connectivity index (χ0) is 13.0. The first-order valence-electron chi connectivity index (χ1n) is 6.90. The molecule has 0 aromatic carbocycles. The zero-order valence-corrected chi connectivity index (χ0v) is 10.8. The molecule has 2 aliphatic rings. The van der Waals surface area contributed by atoms with Gasteiger partial charge >= 0.3 is 5.97 Å². The summed E-state index contributed by atoms with van der Waals surface area (Å²) in [5, 5.41) is 8.78. The Hall–Kier alpha value is -1.10. The molecule has 1 amide bonds. The van der Waals surface area contributed by atoms with Gasteiger partial charge in [-0.1, -0.05) is 19.3 Å². The molecule has 2 rings (SSSR count). The van der Waals surface area contributed by atoms with E-state index in [1.54, 1.807) is 0 Å². The van der Waals surface area contributed by atoms with Crippen LogP contribution in [0, 0.1) is 5.92 Å². The number of carboxylic acid groups (broad SMARTS) is 1. The lowest BCUT2D eigenvalue weighted by Crippen LogP contribution is -2.54. The molecule has 5 heteroatoms. The predicted octanol–water partition coefficient (Wildman–Crippen LogP) is 0.795. The molecule has 0 spiro atoms. The third kappa shape index (κ3) is 3.45. The molecule has 2 fully saturated rings.